The highest BCUT2D eigenvalue weighted by molar-refractivity contribution is 5.36. The fraction of sp³-hybridized carbons (Fsp3) is 0.368. The van der Waals surface area contributed by atoms with Crippen LogP contribution in [0.4, 0.5) is 0 Å². The molecule has 22 heavy (non-hydrogen) atoms. The second kappa shape index (κ2) is 7.32. The lowest BCUT2D eigenvalue weighted by Crippen LogP contribution is -2.34. The van der Waals surface area contributed by atoms with Gasteiger partial charge >= 0.3 is 0 Å². The van der Waals surface area contributed by atoms with Gasteiger partial charge in [0.25, 0.3) is 0 Å². The molecule has 2 rings (SSSR count). The summed E-state index contributed by atoms with van der Waals surface area (Å²) in [5.41, 5.74) is 10.8. The molecule has 0 aromatic heterocycles. The van der Waals surface area contributed by atoms with Gasteiger partial charge in [-0.3, -0.25) is 0 Å². The Balaban J connectivity index is 1.84. The van der Waals surface area contributed by atoms with E-state index in [1.165, 1.54) is 11.1 Å². The van der Waals surface area contributed by atoms with Gasteiger partial charge in [0, 0.05) is 0 Å². The van der Waals surface area contributed by atoms with E-state index in [4.69, 9.17) is 15.2 Å². The molecule has 0 aliphatic rings. The summed E-state index contributed by atoms with van der Waals surface area (Å²) < 4.78 is 11.6. The first-order valence-electron chi connectivity index (χ1n) is 7.61. The number of rotatable bonds is 6. The standard InChI is InChI=1S/C19H25NO2/c1-13-5-7-18(15(3)9-13)21-11-17(20)12-22-19-8-6-14(2)10-16(19)4/h5-10,17H,11-12,20H2,1-4H3. The van der Waals surface area contributed by atoms with Crippen LogP contribution in [0.25, 0.3) is 0 Å². The van der Waals surface area contributed by atoms with Crippen LogP contribution in [0.15, 0.2) is 36.4 Å². The summed E-state index contributed by atoms with van der Waals surface area (Å²) in [6, 6.07) is 12.1. The first-order chi connectivity index (χ1) is 10.5. The lowest BCUT2D eigenvalue weighted by Gasteiger charge is -2.16. The molecule has 0 aliphatic heterocycles. The number of hydrogen-bond donors (Lipinski definition) is 1. The van der Waals surface area contributed by atoms with Crippen LogP contribution >= 0.6 is 0 Å². The lowest BCUT2D eigenvalue weighted by molar-refractivity contribution is 0.219. The van der Waals surface area contributed by atoms with Crippen LogP contribution in [-0.4, -0.2) is 19.3 Å². The molecule has 0 heterocycles. The third kappa shape index (κ3) is 4.50. The third-order valence-electron chi connectivity index (χ3n) is 3.57. The largest absolute Gasteiger partial charge is 0.492 e. The summed E-state index contributed by atoms with van der Waals surface area (Å²) in [7, 11) is 0. The number of aryl methyl sites for hydroxylation is 4. The van der Waals surface area contributed by atoms with Crippen LogP contribution in [0.1, 0.15) is 22.3 Å². The molecule has 0 saturated carbocycles. The van der Waals surface area contributed by atoms with E-state index in [0.29, 0.717) is 13.2 Å². The molecule has 2 aromatic rings. The zero-order chi connectivity index (χ0) is 16.1. The number of ether oxygens (including phenoxy) is 2. The van der Waals surface area contributed by atoms with Gasteiger partial charge in [-0.1, -0.05) is 35.4 Å². The molecular formula is C19H25NO2. The van der Waals surface area contributed by atoms with Crippen molar-refractivity contribution in [1.82, 2.24) is 0 Å². The van der Waals surface area contributed by atoms with Crippen LogP contribution in [0.5, 0.6) is 11.5 Å². The molecule has 0 saturated heterocycles. The van der Waals surface area contributed by atoms with Crippen molar-refractivity contribution in [3.63, 3.8) is 0 Å². The summed E-state index contributed by atoms with van der Waals surface area (Å²) >= 11 is 0. The van der Waals surface area contributed by atoms with Crippen LogP contribution in [0, 0.1) is 27.7 Å². The maximum Gasteiger partial charge on any atom is 0.122 e. The molecule has 0 radical (unpaired) electrons. The van der Waals surface area contributed by atoms with Crippen molar-refractivity contribution in [1.29, 1.82) is 0 Å². The van der Waals surface area contributed by atoms with Crippen molar-refractivity contribution >= 4 is 0 Å². The molecular weight excluding hydrogens is 274 g/mol. The number of benzene rings is 2. The zero-order valence-corrected chi connectivity index (χ0v) is 13.8. The van der Waals surface area contributed by atoms with E-state index < -0.39 is 0 Å². The van der Waals surface area contributed by atoms with Crippen molar-refractivity contribution < 1.29 is 9.47 Å². The smallest absolute Gasteiger partial charge is 0.122 e. The topological polar surface area (TPSA) is 44.5 Å². The fourth-order valence-electron chi connectivity index (χ4n) is 2.36. The van der Waals surface area contributed by atoms with Gasteiger partial charge in [-0.2, -0.15) is 0 Å². The summed E-state index contributed by atoms with van der Waals surface area (Å²) in [4.78, 5) is 0. The van der Waals surface area contributed by atoms with Crippen LogP contribution < -0.4 is 15.2 Å². The first-order valence-corrected chi connectivity index (χ1v) is 7.61. The summed E-state index contributed by atoms with van der Waals surface area (Å²) in [6.45, 7) is 9.10. The number of hydrogen-bond acceptors (Lipinski definition) is 3. The fourth-order valence-corrected chi connectivity index (χ4v) is 2.36. The second-order valence-electron chi connectivity index (χ2n) is 5.92. The van der Waals surface area contributed by atoms with E-state index in [-0.39, 0.29) is 6.04 Å². The van der Waals surface area contributed by atoms with Crippen molar-refractivity contribution in [2.75, 3.05) is 13.2 Å². The molecule has 0 aliphatic carbocycles. The molecule has 0 amide bonds. The van der Waals surface area contributed by atoms with Gasteiger partial charge in [-0.15, -0.1) is 0 Å². The highest BCUT2D eigenvalue weighted by Gasteiger charge is 2.08. The van der Waals surface area contributed by atoms with Crippen molar-refractivity contribution in [3.05, 3.63) is 58.7 Å². The predicted octanol–water partition coefficient (Wildman–Crippen LogP) is 3.71. The monoisotopic (exact) mass is 299 g/mol. The van der Waals surface area contributed by atoms with E-state index in [9.17, 15) is 0 Å². The molecule has 0 unspecified atom stereocenters. The van der Waals surface area contributed by atoms with Gasteiger partial charge in [0.2, 0.25) is 0 Å². The Kier molecular flexibility index (Phi) is 5.45. The minimum atomic E-state index is -0.165. The van der Waals surface area contributed by atoms with E-state index in [1.54, 1.807) is 0 Å². The highest BCUT2D eigenvalue weighted by Crippen LogP contribution is 2.20. The molecule has 0 fully saturated rings. The Morgan fingerprint density at radius 1 is 0.773 bits per heavy atom. The Hall–Kier alpha value is -2.00. The maximum absolute atomic E-state index is 6.08. The predicted molar refractivity (Wildman–Crippen MR) is 90.8 cm³/mol. The van der Waals surface area contributed by atoms with Crippen molar-refractivity contribution in [2.45, 2.75) is 33.7 Å². The summed E-state index contributed by atoms with van der Waals surface area (Å²) in [5.74, 6) is 1.76. The molecule has 3 heteroatoms. The Labute approximate surface area is 133 Å². The molecule has 0 bridgehead atoms. The number of nitrogens with two attached hydrogens (primary N) is 1. The van der Waals surface area contributed by atoms with Gasteiger partial charge in [0.05, 0.1) is 6.04 Å². The van der Waals surface area contributed by atoms with E-state index in [2.05, 4.69) is 26.0 Å². The molecule has 2 N–H and O–H groups in total. The molecule has 118 valence electrons. The normalized spacial score (nSPS) is 10.8. The first kappa shape index (κ1) is 16.4. The Morgan fingerprint density at radius 2 is 1.18 bits per heavy atom. The minimum Gasteiger partial charge on any atom is -0.492 e. The summed E-state index contributed by atoms with van der Waals surface area (Å²) in [5, 5.41) is 0. The van der Waals surface area contributed by atoms with Crippen LogP contribution in [0.3, 0.4) is 0 Å². The van der Waals surface area contributed by atoms with Crippen LogP contribution in [0.2, 0.25) is 0 Å². The molecule has 3 nitrogen and oxygen atoms in total. The average molecular weight is 299 g/mol. The lowest BCUT2D eigenvalue weighted by atomic mass is 10.1. The third-order valence-corrected chi connectivity index (χ3v) is 3.57. The van der Waals surface area contributed by atoms with E-state index >= 15 is 0 Å². The van der Waals surface area contributed by atoms with Crippen molar-refractivity contribution in [2.24, 2.45) is 5.73 Å². The van der Waals surface area contributed by atoms with Gasteiger partial charge in [0.1, 0.15) is 24.7 Å². The SMILES string of the molecule is Cc1ccc(OCC(N)COc2ccc(C)cc2C)c(C)c1. The molecule has 0 spiro atoms. The molecule has 0 atom stereocenters. The van der Waals surface area contributed by atoms with Crippen molar-refractivity contribution in [3.8, 4) is 11.5 Å². The van der Waals surface area contributed by atoms with Gasteiger partial charge < -0.3 is 15.2 Å². The second-order valence-corrected chi connectivity index (χ2v) is 5.92. The van der Waals surface area contributed by atoms with E-state index in [1.807, 2.05) is 38.1 Å². The van der Waals surface area contributed by atoms with Gasteiger partial charge in [0.15, 0.2) is 0 Å². The van der Waals surface area contributed by atoms with E-state index in [0.717, 1.165) is 22.6 Å². The zero-order valence-electron chi connectivity index (χ0n) is 13.8. The molecule has 2 aromatic carbocycles. The Bertz CT molecular complexity index is 582. The maximum atomic E-state index is 6.08. The summed E-state index contributed by atoms with van der Waals surface area (Å²) in [6.07, 6.45) is 0. The van der Waals surface area contributed by atoms with Crippen LogP contribution in [-0.2, 0) is 0 Å². The van der Waals surface area contributed by atoms with Gasteiger partial charge in [-0.05, 0) is 51.0 Å². The Morgan fingerprint density at radius 3 is 1.55 bits per heavy atom. The van der Waals surface area contributed by atoms with Gasteiger partial charge in [-0.25, -0.2) is 0 Å². The highest BCUT2D eigenvalue weighted by atomic mass is 16.5. The quantitative estimate of drug-likeness (QED) is 0.884. The minimum absolute atomic E-state index is 0.165. The average Bonchev–Trinajstić information content (AvgIpc) is 2.45.